The van der Waals surface area contributed by atoms with Gasteiger partial charge in [0.05, 0.1) is 0 Å². The largest absolute Gasteiger partial charge is 0.521 e. The van der Waals surface area contributed by atoms with Gasteiger partial charge in [-0.15, -0.1) is 5.16 Å². The molecule has 0 rings (SSSR count). The van der Waals surface area contributed by atoms with Gasteiger partial charge in [-0.05, 0) is 0 Å². The number of hydrogen-bond donors (Lipinski definition) is 1. The second-order valence-electron chi connectivity index (χ2n) is 0.835. The first-order chi connectivity index (χ1) is 3.27. The summed E-state index contributed by atoms with van der Waals surface area (Å²) >= 11 is 0. The summed E-state index contributed by atoms with van der Waals surface area (Å²) in [5.74, 6) is 0. The average Bonchev–Trinajstić information content (AvgIpc) is 1.73. The Morgan fingerprint density at radius 1 is 1.75 bits per heavy atom. The normalized spacial score (nSPS) is 7.88. The Morgan fingerprint density at radius 3 is 1.88 bits per heavy atom. The van der Waals surface area contributed by atoms with Crippen LogP contribution in [0.25, 0.3) is 0 Å². The van der Waals surface area contributed by atoms with Crippen LogP contribution in [-0.2, 0) is 32.7 Å². The Bertz CT molecular complexity index is 59.4. The van der Waals surface area contributed by atoms with Crippen LogP contribution in [0.4, 0.5) is 0 Å². The molecule has 1 radical (unpaired) electrons. The van der Waals surface area contributed by atoms with Gasteiger partial charge >= 0.3 is 0 Å². The number of nitrogens with zero attached hydrogens (tertiary/aromatic N) is 1. The van der Waals surface area contributed by atoms with E-state index >= 15 is 0 Å². The maximum absolute atomic E-state index is 7.67. The third kappa shape index (κ3) is 34.8. The van der Waals surface area contributed by atoms with E-state index < -0.39 is 0 Å². The van der Waals surface area contributed by atoms with E-state index in [2.05, 4.69) is 25.2 Å². The van der Waals surface area contributed by atoms with Gasteiger partial charge in [0.2, 0.25) is 0 Å². The predicted molar refractivity (Wildman–Crippen MR) is 30.2 cm³/mol. The molecule has 45 valence electrons. The summed E-state index contributed by atoms with van der Waals surface area (Å²) in [6.45, 7) is 11.9. The van der Waals surface area contributed by atoms with E-state index in [-0.39, 0.29) is 32.7 Å². The molecule has 0 heterocycles. The zero-order valence-electron chi connectivity index (χ0n) is 4.96. The Balaban J connectivity index is -0.0000000750. The van der Waals surface area contributed by atoms with Crippen LogP contribution in [0.15, 0.2) is 11.7 Å². The minimum atomic E-state index is 0. The van der Waals surface area contributed by atoms with Gasteiger partial charge in [0.25, 0.3) is 0 Å². The molecule has 1 N–H and O–H groups in total. The van der Waals surface area contributed by atoms with Crippen LogP contribution in [0.5, 0.6) is 0 Å². The molecule has 0 amide bonds. The Kier molecular flexibility index (Phi) is 30.8. The first-order valence-electron chi connectivity index (χ1n) is 1.69. The molecule has 0 saturated heterocycles. The second-order valence-corrected chi connectivity index (χ2v) is 0.835. The molecule has 0 fully saturated rings. The van der Waals surface area contributed by atoms with Crippen LogP contribution in [-0.4, -0.2) is 10.9 Å². The summed E-state index contributed by atoms with van der Waals surface area (Å²) in [5.41, 5.74) is 0.435. The average molecular weight is 188 g/mol. The molecular weight excluding hydrogens is 179 g/mol. The number of oxime groups is 1. The molecule has 0 aliphatic heterocycles. The van der Waals surface area contributed by atoms with Gasteiger partial charge in [-0.2, -0.15) is 0 Å². The summed E-state index contributed by atoms with van der Waals surface area (Å²) in [7, 11) is 0. The third-order valence-corrected chi connectivity index (χ3v) is 0.171. The van der Waals surface area contributed by atoms with Crippen LogP contribution in [0.2, 0.25) is 0 Å². The smallest absolute Gasteiger partial charge is 0 e. The topological polar surface area (TPSA) is 32.6 Å². The Morgan fingerprint density at radius 2 is 1.88 bits per heavy atom. The van der Waals surface area contributed by atoms with Crippen LogP contribution in [0.3, 0.4) is 0 Å². The Labute approximate surface area is 75.5 Å². The van der Waals surface area contributed by atoms with Crippen molar-refractivity contribution in [2.24, 2.45) is 5.16 Å². The zero-order valence-corrected chi connectivity index (χ0v) is 7.80. The van der Waals surface area contributed by atoms with Gasteiger partial charge in [-0.3, -0.25) is 6.58 Å². The van der Waals surface area contributed by atoms with Crippen molar-refractivity contribution in [2.75, 3.05) is 0 Å². The fourth-order valence-corrected chi connectivity index (χ4v) is 0. The number of hydrogen-bond acceptors (Lipinski definition) is 2. The molecule has 0 saturated carbocycles. The summed E-state index contributed by atoms with van der Waals surface area (Å²) in [6.07, 6.45) is 0. The van der Waals surface area contributed by atoms with Crippen LogP contribution < -0.4 is 0 Å². The van der Waals surface area contributed by atoms with Crippen LogP contribution >= 0.6 is 0 Å². The van der Waals surface area contributed by atoms with Crippen molar-refractivity contribution >= 4 is 5.71 Å². The molecule has 0 aromatic carbocycles. The molecule has 0 aliphatic rings. The van der Waals surface area contributed by atoms with E-state index in [0.717, 1.165) is 0 Å². The molecule has 0 unspecified atom stereocenters. The van der Waals surface area contributed by atoms with Gasteiger partial charge in [0, 0.05) is 32.7 Å². The predicted octanol–water partition coefficient (Wildman–Crippen LogP) is 1.27. The summed E-state index contributed by atoms with van der Waals surface area (Å²) in [4.78, 5) is 0. The standard InChI is InChI=1S/C3H6NO.C2H3.Y/c1-3(2)4-5;1-2;/h5H,1H2,2H3;1H,2H2;/q2*-1;/b4-3+;;. The molecule has 3 heteroatoms. The fourth-order valence-electron chi connectivity index (χ4n) is 0. The van der Waals surface area contributed by atoms with Crippen molar-refractivity contribution in [3.8, 4) is 0 Å². The van der Waals surface area contributed by atoms with Crippen LogP contribution in [0.1, 0.15) is 6.92 Å². The monoisotopic (exact) mass is 188 g/mol. The van der Waals surface area contributed by atoms with E-state index in [1.807, 2.05) is 0 Å². The van der Waals surface area contributed by atoms with E-state index in [1.54, 1.807) is 6.92 Å². The molecule has 0 spiro atoms. The molecular formula is C5H9NOY-2. The fraction of sp³-hybridized carbons (Fsp3) is 0.200. The molecule has 2 nitrogen and oxygen atoms in total. The van der Waals surface area contributed by atoms with Gasteiger partial charge in [-0.25, -0.2) is 0 Å². The van der Waals surface area contributed by atoms with Crippen molar-refractivity contribution in [3.63, 3.8) is 0 Å². The number of rotatable bonds is 0. The molecule has 0 aromatic heterocycles. The van der Waals surface area contributed by atoms with Crippen molar-refractivity contribution in [2.45, 2.75) is 6.92 Å². The summed E-state index contributed by atoms with van der Waals surface area (Å²) < 4.78 is 0. The zero-order chi connectivity index (χ0) is 6.28. The van der Waals surface area contributed by atoms with E-state index in [9.17, 15) is 0 Å². The van der Waals surface area contributed by atoms with Crippen LogP contribution in [0, 0.1) is 13.5 Å². The SMILES string of the molecule is [CH-]=C.[CH2-]/C(C)=N\O.[Y]. The first kappa shape index (κ1) is 15.7. The van der Waals surface area contributed by atoms with Gasteiger partial charge in [0.15, 0.2) is 0 Å². The third-order valence-electron chi connectivity index (χ3n) is 0.171. The summed E-state index contributed by atoms with van der Waals surface area (Å²) in [6, 6.07) is 0. The molecule has 8 heavy (non-hydrogen) atoms. The molecule has 0 bridgehead atoms. The second kappa shape index (κ2) is 15.7. The minimum Gasteiger partial charge on any atom is -0.521 e. The Hall–Kier alpha value is 0.184. The summed E-state index contributed by atoms with van der Waals surface area (Å²) in [5, 5.41) is 10.4. The molecule has 0 atom stereocenters. The quantitative estimate of drug-likeness (QED) is 0.264. The van der Waals surface area contributed by atoms with Gasteiger partial charge in [0.1, 0.15) is 0 Å². The van der Waals surface area contributed by atoms with E-state index in [0.29, 0.717) is 5.71 Å². The first-order valence-corrected chi connectivity index (χ1v) is 1.69. The molecule has 0 aliphatic carbocycles. The maximum atomic E-state index is 7.67. The van der Waals surface area contributed by atoms with Crippen molar-refractivity contribution in [3.05, 3.63) is 20.1 Å². The maximum Gasteiger partial charge on any atom is 0 e. The van der Waals surface area contributed by atoms with Crippen molar-refractivity contribution in [1.82, 2.24) is 0 Å². The minimum absolute atomic E-state index is 0. The van der Waals surface area contributed by atoms with Crippen molar-refractivity contribution < 1.29 is 37.9 Å². The van der Waals surface area contributed by atoms with Crippen molar-refractivity contribution in [1.29, 1.82) is 0 Å². The van der Waals surface area contributed by atoms with Gasteiger partial charge < -0.3 is 18.7 Å². The van der Waals surface area contributed by atoms with E-state index in [4.69, 9.17) is 5.21 Å². The van der Waals surface area contributed by atoms with E-state index in [1.165, 1.54) is 0 Å². The molecule has 0 aromatic rings. The van der Waals surface area contributed by atoms with Gasteiger partial charge in [-0.1, -0.05) is 12.6 Å².